The third kappa shape index (κ3) is 4.03. The Morgan fingerprint density at radius 2 is 1.80 bits per heavy atom. The lowest BCUT2D eigenvalue weighted by molar-refractivity contribution is 0.0975. The molecule has 0 saturated heterocycles. The van der Waals surface area contributed by atoms with Crippen LogP contribution in [-0.4, -0.2) is 23.1 Å². The maximum atomic E-state index is 12.6. The lowest BCUT2D eigenvalue weighted by Crippen LogP contribution is -2.34. The summed E-state index contributed by atoms with van der Waals surface area (Å²) in [6.07, 6.45) is 0. The number of fused-ring (bicyclic) bond motifs is 1. The predicted octanol–water partition coefficient (Wildman–Crippen LogP) is 5.41. The summed E-state index contributed by atoms with van der Waals surface area (Å²) >= 11 is 7.02. The van der Waals surface area contributed by atoms with Crippen LogP contribution in [0, 0.1) is 6.92 Å². The third-order valence-electron chi connectivity index (χ3n) is 4.68. The van der Waals surface area contributed by atoms with Crippen LogP contribution in [0.1, 0.15) is 15.9 Å². The normalized spacial score (nSPS) is 10.6. The molecule has 0 aliphatic rings. The Bertz CT molecular complexity index is 1220. The van der Waals surface area contributed by atoms with E-state index in [-0.39, 0.29) is 11.0 Å². The number of nitrogens with one attached hydrogen (secondary N) is 2. The number of rotatable bonds is 4. The second-order valence-electron chi connectivity index (χ2n) is 6.57. The molecule has 7 heteroatoms. The Balaban J connectivity index is 1.54. The van der Waals surface area contributed by atoms with E-state index in [2.05, 4.69) is 16.7 Å². The van der Waals surface area contributed by atoms with Gasteiger partial charge in [-0.25, -0.2) is 4.98 Å². The monoisotopic (exact) mass is 433 g/mol. The second kappa shape index (κ2) is 8.61. The standard InChI is InChI=1S/C23H19N3O2S2/c1-14-15(22-24-18-10-4-6-13-20(18)30-22)9-7-11-17(14)25-23(29)26-21(27)16-8-3-5-12-19(16)28-2/h3-13H,1-2H3,(H2,25,26,27,29). The number of hydrogen-bond donors (Lipinski definition) is 2. The SMILES string of the molecule is COc1ccccc1C(=O)NC(=S)Nc1cccc(-c2nc3ccccc3s2)c1C. The summed E-state index contributed by atoms with van der Waals surface area (Å²) in [4.78, 5) is 17.3. The number of benzene rings is 3. The molecule has 1 heterocycles. The zero-order valence-electron chi connectivity index (χ0n) is 16.4. The molecule has 0 unspecified atom stereocenters. The van der Waals surface area contributed by atoms with E-state index in [4.69, 9.17) is 21.9 Å². The van der Waals surface area contributed by atoms with Crippen LogP contribution in [0.25, 0.3) is 20.8 Å². The Morgan fingerprint density at radius 1 is 1.03 bits per heavy atom. The van der Waals surface area contributed by atoms with Crippen molar-refractivity contribution in [1.29, 1.82) is 0 Å². The number of thiazole rings is 1. The van der Waals surface area contributed by atoms with Crippen molar-refractivity contribution in [1.82, 2.24) is 10.3 Å². The molecule has 0 aliphatic heterocycles. The van der Waals surface area contributed by atoms with E-state index in [1.54, 1.807) is 29.5 Å². The summed E-state index contributed by atoms with van der Waals surface area (Å²) in [5.41, 5.74) is 4.25. The largest absolute Gasteiger partial charge is 0.496 e. The number of nitrogens with zero attached hydrogens (tertiary/aromatic N) is 1. The van der Waals surface area contributed by atoms with Crippen LogP contribution in [0.5, 0.6) is 5.75 Å². The molecule has 3 aromatic carbocycles. The van der Waals surface area contributed by atoms with Crippen molar-refractivity contribution in [2.75, 3.05) is 12.4 Å². The van der Waals surface area contributed by atoms with E-state index in [9.17, 15) is 4.79 Å². The minimum Gasteiger partial charge on any atom is -0.496 e. The van der Waals surface area contributed by atoms with Crippen LogP contribution in [0.15, 0.2) is 66.7 Å². The Hall–Kier alpha value is -3.29. The molecule has 0 radical (unpaired) electrons. The van der Waals surface area contributed by atoms with Crippen LogP contribution >= 0.6 is 23.6 Å². The molecule has 0 fully saturated rings. The summed E-state index contributed by atoms with van der Waals surface area (Å²) in [7, 11) is 1.53. The number of para-hydroxylation sites is 2. The highest BCUT2D eigenvalue weighted by molar-refractivity contribution is 7.80. The lowest BCUT2D eigenvalue weighted by atomic mass is 10.1. The van der Waals surface area contributed by atoms with Gasteiger partial charge < -0.3 is 10.1 Å². The number of ether oxygens (including phenoxy) is 1. The number of amides is 1. The van der Waals surface area contributed by atoms with Gasteiger partial charge in [0.05, 0.1) is 22.9 Å². The number of hydrogen-bond acceptors (Lipinski definition) is 5. The van der Waals surface area contributed by atoms with E-state index >= 15 is 0 Å². The molecule has 30 heavy (non-hydrogen) atoms. The molecule has 2 N–H and O–H groups in total. The topological polar surface area (TPSA) is 63.2 Å². The van der Waals surface area contributed by atoms with Crippen LogP contribution in [0.4, 0.5) is 5.69 Å². The van der Waals surface area contributed by atoms with Gasteiger partial charge in [-0.1, -0.05) is 36.4 Å². The van der Waals surface area contributed by atoms with Gasteiger partial charge in [-0.05, 0) is 55.0 Å². The van der Waals surface area contributed by atoms with Gasteiger partial charge in [0.2, 0.25) is 0 Å². The maximum Gasteiger partial charge on any atom is 0.261 e. The van der Waals surface area contributed by atoms with Gasteiger partial charge in [0, 0.05) is 11.3 Å². The summed E-state index contributed by atoms with van der Waals surface area (Å²) in [5, 5.41) is 7.01. The average molecular weight is 434 g/mol. The summed E-state index contributed by atoms with van der Waals surface area (Å²) in [6.45, 7) is 2.01. The van der Waals surface area contributed by atoms with E-state index in [1.807, 2.05) is 49.4 Å². The Kier molecular flexibility index (Phi) is 5.74. The molecule has 150 valence electrons. The number of methoxy groups -OCH3 is 1. The van der Waals surface area contributed by atoms with Crippen molar-refractivity contribution in [2.45, 2.75) is 6.92 Å². The second-order valence-corrected chi connectivity index (χ2v) is 8.01. The van der Waals surface area contributed by atoms with Crippen molar-refractivity contribution in [3.8, 4) is 16.3 Å². The zero-order chi connectivity index (χ0) is 21.1. The van der Waals surface area contributed by atoms with E-state index in [0.29, 0.717) is 11.3 Å². The minimum absolute atomic E-state index is 0.218. The maximum absolute atomic E-state index is 12.6. The van der Waals surface area contributed by atoms with Gasteiger partial charge >= 0.3 is 0 Å². The summed E-state index contributed by atoms with van der Waals surface area (Å²) in [6, 6.07) is 21.0. The molecule has 0 spiro atoms. The molecule has 5 nitrogen and oxygen atoms in total. The first-order chi connectivity index (χ1) is 14.6. The Labute approximate surface area is 183 Å². The molecule has 0 saturated carbocycles. The summed E-state index contributed by atoms with van der Waals surface area (Å²) < 4.78 is 6.39. The van der Waals surface area contributed by atoms with Crippen molar-refractivity contribution < 1.29 is 9.53 Å². The zero-order valence-corrected chi connectivity index (χ0v) is 18.1. The number of carbonyl (C=O) groups is 1. The van der Waals surface area contributed by atoms with Crippen LogP contribution < -0.4 is 15.4 Å². The van der Waals surface area contributed by atoms with Gasteiger partial charge in [0.1, 0.15) is 10.8 Å². The molecule has 0 aliphatic carbocycles. The molecular weight excluding hydrogens is 414 g/mol. The van der Waals surface area contributed by atoms with Crippen LogP contribution in [0.2, 0.25) is 0 Å². The molecule has 4 aromatic rings. The molecule has 1 amide bonds. The third-order valence-corrected chi connectivity index (χ3v) is 5.96. The first-order valence-corrected chi connectivity index (χ1v) is 10.5. The molecule has 4 rings (SSSR count). The van der Waals surface area contributed by atoms with Crippen molar-refractivity contribution in [3.63, 3.8) is 0 Å². The Morgan fingerprint density at radius 3 is 2.60 bits per heavy atom. The molecule has 1 aromatic heterocycles. The fourth-order valence-electron chi connectivity index (χ4n) is 3.15. The number of carbonyl (C=O) groups excluding carboxylic acids is 1. The van der Waals surface area contributed by atoms with Crippen molar-refractivity contribution >= 4 is 50.5 Å². The fraction of sp³-hybridized carbons (Fsp3) is 0.0870. The predicted molar refractivity (Wildman–Crippen MR) is 126 cm³/mol. The highest BCUT2D eigenvalue weighted by Gasteiger charge is 2.15. The van der Waals surface area contributed by atoms with Gasteiger partial charge in [0.25, 0.3) is 5.91 Å². The fourth-order valence-corrected chi connectivity index (χ4v) is 4.40. The summed E-state index contributed by atoms with van der Waals surface area (Å²) in [5.74, 6) is 0.164. The smallest absolute Gasteiger partial charge is 0.261 e. The van der Waals surface area contributed by atoms with Crippen molar-refractivity contribution in [3.05, 3.63) is 77.9 Å². The van der Waals surface area contributed by atoms with Gasteiger partial charge in [-0.3, -0.25) is 10.1 Å². The lowest BCUT2D eigenvalue weighted by Gasteiger charge is -2.14. The van der Waals surface area contributed by atoms with E-state index < -0.39 is 0 Å². The minimum atomic E-state index is -0.329. The first-order valence-electron chi connectivity index (χ1n) is 9.27. The number of anilines is 1. The molecule has 0 atom stereocenters. The van der Waals surface area contributed by atoms with E-state index in [0.717, 1.165) is 32.0 Å². The van der Waals surface area contributed by atoms with Gasteiger partial charge in [-0.15, -0.1) is 11.3 Å². The van der Waals surface area contributed by atoms with Crippen LogP contribution in [-0.2, 0) is 0 Å². The highest BCUT2D eigenvalue weighted by Crippen LogP contribution is 2.34. The quantitative estimate of drug-likeness (QED) is 0.422. The highest BCUT2D eigenvalue weighted by atomic mass is 32.1. The van der Waals surface area contributed by atoms with Gasteiger partial charge in [-0.2, -0.15) is 0 Å². The van der Waals surface area contributed by atoms with Crippen molar-refractivity contribution in [2.24, 2.45) is 0 Å². The average Bonchev–Trinajstić information content (AvgIpc) is 3.19. The molecule has 0 bridgehead atoms. The molecular formula is C23H19N3O2S2. The number of aromatic nitrogens is 1. The first kappa shape index (κ1) is 20.0. The number of thiocarbonyl (C=S) groups is 1. The van der Waals surface area contributed by atoms with E-state index in [1.165, 1.54) is 7.11 Å². The van der Waals surface area contributed by atoms with Crippen LogP contribution in [0.3, 0.4) is 0 Å². The van der Waals surface area contributed by atoms with Gasteiger partial charge in [0.15, 0.2) is 5.11 Å².